The second-order valence-electron chi connectivity index (χ2n) is 7.63. The van der Waals surface area contributed by atoms with Gasteiger partial charge in [-0.1, -0.05) is 13.8 Å². The van der Waals surface area contributed by atoms with E-state index in [0.717, 1.165) is 22.4 Å². The third kappa shape index (κ3) is 3.18. The van der Waals surface area contributed by atoms with Gasteiger partial charge in [0, 0.05) is 47.9 Å². The summed E-state index contributed by atoms with van der Waals surface area (Å²) < 4.78 is 5.21. The molecule has 4 rings (SSSR count). The molecule has 0 aromatic carbocycles. The summed E-state index contributed by atoms with van der Waals surface area (Å²) in [5, 5.41) is 6.18. The quantitative estimate of drug-likeness (QED) is 0.571. The first-order chi connectivity index (χ1) is 14.3. The first-order valence-electron chi connectivity index (χ1n) is 9.45. The van der Waals surface area contributed by atoms with Crippen LogP contribution in [0.15, 0.2) is 24.5 Å². The highest BCUT2D eigenvalue weighted by Crippen LogP contribution is 2.53. The standard InChI is InChI=1S/C21H23N7O2/c1-10-6-11(7-14(25-10)30-5)26-20-17(18(22)29)27-16(19(23-4)28-20)12-8-24-9-13-15(12)21(13,2)3/h6-9H,1-5H3,(H2,22,29)(H2,23,25,26,28). The van der Waals surface area contributed by atoms with E-state index in [1.807, 2.05) is 19.2 Å². The number of primary amides is 1. The maximum absolute atomic E-state index is 12.2. The van der Waals surface area contributed by atoms with E-state index in [2.05, 4.69) is 44.4 Å². The van der Waals surface area contributed by atoms with Crippen molar-refractivity contribution >= 4 is 23.2 Å². The molecule has 0 fully saturated rings. The lowest BCUT2D eigenvalue weighted by molar-refractivity contribution is 0.0996. The molecule has 0 unspecified atom stereocenters. The molecule has 154 valence electrons. The molecule has 3 aromatic heterocycles. The molecule has 0 aliphatic heterocycles. The summed E-state index contributed by atoms with van der Waals surface area (Å²) in [6.07, 6.45) is 3.60. The zero-order valence-corrected chi connectivity index (χ0v) is 17.5. The zero-order chi connectivity index (χ0) is 21.6. The summed E-state index contributed by atoms with van der Waals surface area (Å²) in [5.74, 6) is 0.513. The van der Waals surface area contributed by atoms with E-state index in [1.54, 1.807) is 19.3 Å². The van der Waals surface area contributed by atoms with E-state index in [1.165, 1.54) is 7.11 Å². The Labute approximate surface area is 174 Å². The molecule has 9 nitrogen and oxygen atoms in total. The lowest BCUT2D eigenvalue weighted by Crippen LogP contribution is -2.18. The number of rotatable bonds is 6. The molecule has 1 aliphatic carbocycles. The zero-order valence-electron chi connectivity index (χ0n) is 17.5. The van der Waals surface area contributed by atoms with Crippen LogP contribution >= 0.6 is 0 Å². The molecule has 3 aromatic rings. The molecule has 0 saturated heterocycles. The largest absolute Gasteiger partial charge is 0.481 e. The fraction of sp³-hybridized carbons (Fsp3) is 0.286. The van der Waals surface area contributed by atoms with E-state index >= 15 is 0 Å². The molecule has 9 heteroatoms. The lowest BCUT2D eigenvalue weighted by Gasteiger charge is -2.15. The molecular formula is C21H23N7O2. The fourth-order valence-electron chi connectivity index (χ4n) is 3.64. The number of nitrogens with one attached hydrogen (secondary N) is 2. The minimum Gasteiger partial charge on any atom is -0.481 e. The van der Waals surface area contributed by atoms with Crippen LogP contribution in [0.4, 0.5) is 17.3 Å². The van der Waals surface area contributed by atoms with Gasteiger partial charge in [0.1, 0.15) is 5.69 Å². The SMILES string of the molecule is CNc1nc(Nc2cc(C)nc(OC)c2)c(C(N)=O)nc1-c1cncc2c1C2(C)C. The van der Waals surface area contributed by atoms with Gasteiger partial charge in [-0.05, 0) is 24.1 Å². The van der Waals surface area contributed by atoms with Gasteiger partial charge in [-0.3, -0.25) is 9.78 Å². The van der Waals surface area contributed by atoms with Crippen LogP contribution in [0, 0.1) is 6.92 Å². The number of methoxy groups -OCH3 is 1. The topological polar surface area (TPSA) is 128 Å². The van der Waals surface area contributed by atoms with Crippen LogP contribution in [-0.2, 0) is 5.41 Å². The number of fused-ring (bicyclic) bond motifs is 1. The number of nitrogens with zero attached hydrogens (tertiary/aromatic N) is 4. The second kappa shape index (κ2) is 6.94. The van der Waals surface area contributed by atoms with Crippen LogP contribution in [0.2, 0.25) is 0 Å². The van der Waals surface area contributed by atoms with Gasteiger partial charge in [0.15, 0.2) is 17.3 Å². The van der Waals surface area contributed by atoms with Crippen molar-refractivity contribution in [3.63, 3.8) is 0 Å². The van der Waals surface area contributed by atoms with Crippen molar-refractivity contribution in [1.29, 1.82) is 0 Å². The minimum atomic E-state index is -0.684. The molecule has 0 saturated carbocycles. The Morgan fingerprint density at radius 2 is 1.90 bits per heavy atom. The molecule has 1 amide bonds. The fourth-order valence-corrected chi connectivity index (χ4v) is 3.64. The number of ether oxygens (including phenoxy) is 1. The van der Waals surface area contributed by atoms with Gasteiger partial charge in [0.25, 0.3) is 5.91 Å². The number of anilines is 3. The van der Waals surface area contributed by atoms with Crippen LogP contribution in [0.1, 0.15) is 41.2 Å². The summed E-state index contributed by atoms with van der Waals surface area (Å²) in [4.78, 5) is 30.0. The maximum Gasteiger partial charge on any atom is 0.271 e. The highest BCUT2D eigenvalue weighted by molar-refractivity contribution is 5.98. The summed E-state index contributed by atoms with van der Waals surface area (Å²) >= 11 is 0. The number of hydrogen-bond acceptors (Lipinski definition) is 8. The second-order valence-corrected chi connectivity index (χ2v) is 7.63. The number of amides is 1. The molecule has 30 heavy (non-hydrogen) atoms. The molecule has 1 aliphatic rings. The van der Waals surface area contributed by atoms with Crippen LogP contribution in [0.25, 0.3) is 11.3 Å². The number of nitrogens with two attached hydrogens (primary N) is 1. The van der Waals surface area contributed by atoms with E-state index in [-0.39, 0.29) is 16.9 Å². The summed E-state index contributed by atoms with van der Waals surface area (Å²) in [5.41, 5.74) is 10.7. The first-order valence-corrected chi connectivity index (χ1v) is 9.45. The smallest absolute Gasteiger partial charge is 0.271 e. The van der Waals surface area contributed by atoms with Crippen molar-refractivity contribution in [3.05, 3.63) is 47.0 Å². The summed E-state index contributed by atoms with van der Waals surface area (Å²) in [6, 6.07) is 3.51. The maximum atomic E-state index is 12.2. The van der Waals surface area contributed by atoms with Gasteiger partial charge in [-0.2, -0.15) is 0 Å². The Kier molecular flexibility index (Phi) is 4.53. The monoisotopic (exact) mass is 405 g/mol. The normalized spacial score (nSPS) is 13.4. The highest BCUT2D eigenvalue weighted by Gasteiger charge is 2.45. The summed E-state index contributed by atoms with van der Waals surface area (Å²) in [6.45, 7) is 6.09. The summed E-state index contributed by atoms with van der Waals surface area (Å²) in [7, 11) is 3.29. The lowest BCUT2D eigenvalue weighted by atomic mass is 10.0. The highest BCUT2D eigenvalue weighted by atomic mass is 16.5. The number of aryl methyl sites for hydroxylation is 1. The van der Waals surface area contributed by atoms with Gasteiger partial charge in [0.2, 0.25) is 5.88 Å². The third-order valence-corrected chi connectivity index (χ3v) is 5.20. The number of carbonyl (C=O) groups excluding carboxylic acids is 1. The van der Waals surface area contributed by atoms with Crippen LogP contribution in [0.5, 0.6) is 5.88 Å². The Morgan fingerprint density at radius 3 is 2.57 bits per heavy atom. The van der Waals surface area contributed by atoms with E-state index in [4.69, 9.17) is 10.5 Å². The molecule has 3 heterocycles. The van der Waals surface area contributed by atoms with E-state index in [0.29, 0.717) is 23.1 Å². The molecule has 0 bridgehead atoms. The van der Waals surface area contributed by atoms with Crippen LogP contribution in [0.3, 0.4) is 0 Å². The van der Waals surface area contributed by atoms with Crippen molar-refractivity contribution in [2.45, 2.75) is 26.2 Å². The Morgan fingerprint density at radius 1 is 1.13 bits per heavy atom. The van der Waals surface area contributed by atoms with Crippen molar-refractivity contribution < 1.29 is 9.53 Å². The van der Waals surface area contributed by atoms with Crippen molar-refractivity contribution in [1.82, 2.24) is 19.9 Å². The molecule has 0 radical (unpaired) electrons. The first kappa shape index (κ1) is 19.6. The Bertz CT molecular complexity index is 1170. The van der Waals surface area contributed by atoms with Gasteiger partial charge in [0.05, 0.1) is 7.11 Å². The minimum absolute atomic E-state index is 0.0356. The van der Waals surface area contributed by atoms with Crippen LogP contribution in [-0.4, -0.2) is 40.0 Å². The number of hydrogen-bond donors (Lipinski definition) is 3. The van der Waals surface area contributed by atoms with Crippen molar-refractivity contribution in [2.24, 2.45) is 5.73 Å². The van der Waals surface area contributed by atoms with E-state index < -0.39 is 5.91 Å². The molecular weight excluding hydrogens is 382 g/mol. The van der Waals surface area contributed by atoms with Crippen LogP contribution < -0.4 is 21.1 Å². The van der Waals surface area contributed by atoms with Gasteiger partial charge >= 0.3 is 0 Å². The number of pyridine rings is 2. The van der Waals surface area contributed by atoms with Gasteiger partial charge in [-0.25, -0.2) is 15.0 Å². The third-order valence-electron chi connectivity index (χ3n) is 5.20. The van der Waals surface area contributed by atoms with Gasteiger partial charge in [-0.15, -0.1) is 0 Å². The Hall–Kier alpha value is -3.75. The van der Waals surface area contributed by atoms with Crippen molar-refractivity contribution in [3.8, 4) is 17.1 Å². The average Bonchev–Trinajstić information content (AvgIpc) is 3.28. The molecule has 4 N–H and O–H groups in total. The van der Waals surface area contributed by atoms with Crippen molar-refractivity contribution in [2.75, 3.05) is 24.8 Å². The van der Waals surface area contributed by atoms with Gasteiger partial charge < -0.3 is 21.1 Å². The predicted molar refractivity (Wildman–Crippen MR) is 114 cm³/mol. The van der Waals surface area contributed by atoms with E-state index in [9.17, 15) is 4.79 Å². The molecule has 0 spiro atoms. The number of carbonyl (C=O) groups is 1. The Balaban J connectivity index is 1.83. The molecule has 0 atom stereocenters. The number of aromatic nitrogens is 4. The average molecular weight is 405 g/mol. The predicted octanol–water partition coefficient (Wildman–Crippen LogP) is 2.77.